The van der Waals surface area contributed by atoms with Crippen molar-refractivity contribution in [3.05, 3.63) is 269 Å². The van der Waals surface area contributed by atoms with Gasteiger partial charge in [0.1, 0.15) is 23.0 Å². The number of ether oxygens (including phenoxy) is 2. The van der Waals surface area contributed by atoms with Crippen molar-refractivity contribution in [1.29, 1.82) is 0 Å². The summed E-state index contributed by atoms with van der Waals surface area (Å²) in [5.74, 6) is 3.10. The molecule has 0 amide bonds. The normalized spacial score (nSPS) is 14.8. The van der Waals surface area contributed by atoms with E-state index in [1.165, 1.54) is 72.1 Å². The lowest BCUT2D eigenvalue weighted by molar-refractivity contribution is 0.444. The molecule has 0 bridgehead atoms. The van der Waals surface area contributed by atoms with Crippen LogP contribution >= 0.6 is 0 Å². The molecule has 9 aromatic rings. The molecule has 328 valence electrons. The van der Waals surface area contributed by atoms with Crippen molar-refractivity contribution in [3.8, 4) is 34.1 Å². The largest absolute Gasteiger partial charge is 0.457 e. The maximum Gasteiger partial charge on any atom is 0.127 e. The van der Waals surface area contributed by atoms with E-state index in [2.05, 4.69) is 235 Å². The van der Waals surface area contributed by atoms with Crippen molar-refractivity contribution < 1.29 is 9.47 Å². The summed E-state index contributed by atoms with van der Waals surface area (Å²) in [5.41, 5.74) is 16.8. The van der Waals surface area contributed by atoms with Gasteiger partial charge in [-0.15, -0.1) is 0 Å². The Bertz CT molecular complexity index is 3490. The average Bonchev–Trinajstić information content (AvgIpc) is 3.92. The summed E-state index contributed by atoms with van der Waals surface area (Å²) in [5, 5.41) is 2.49. The number of nitrogens with zero attached hydrogens (tertiary/aromatic N) is 2. The highest BCUT2D eigenvalue weighted by Crippen LogP contribution is 2.56. The molecule has 0 N–H and O–H groups in total. The van der Waals surface area contributed by atoms with Gasteiger partial charge < -0.3 is 18.6 Å². The quantitative estimate of drug-likeness (QED) is 0.101. The molecule has 4 nitrogen and oxygen atoms in total. The minimum Gasteiger partial charge on any atom is -0.457 e. The number of benzene rings is 7. The van der Waals surface area contributed by atoms with Gasteiger partial charge >= 0.3 is 0 Å². The molecular weight excluding hydrogens is 829 g/mol. The van der Waals surface area contributed by atoms with Crippen LogP contribution in [0.25, 0.3) is 56.5 Å². The Kier molecular flexibility index (Phi) is 10.4. The molecule has 0 unspecified atom stereocenters. The summed E-state index contributed by atoms with van der Waals surface area (Å²) in [6, 6.07) is 60.8. The number of rotatable bonds is 10. The second-order valence-electron chi connectivity index (χ2n) is 17.8. The summed E-state index contributed by atoms with van der Waals surface area (Å²) in [6.07, 6.45) is 24.8. The lowest BCUT2D eigenvalue weighted by atomic mass is 9.68. The molecule has 0 saturated carbocycles. The fourth-order valence-electron chi connectivity index (χ4n) is 11.1. The van der Waals surface area contributed by atoms with Gasteiger partial charge in [-0.3, -0.25) is 0 Å². The zero-order valence-electron chi connectivity index (χ0n) is 38.3. The zero-order chi connectivity index (χ0) is 45.6. The third-order valence-corrected chi connectivity index (χ3v) is 14.0. The Hall–Kier alpha value is -8.34. The number of hydrogen-bond acceptors (Lipinski definition) is 2. The monoisotopic (exact) mass is 878 g/mol. The second-order valence-corrected chi connectivity index (χ2v) is 17.8. The molecule has 2 aromatic heterocycles. The van der Waals surface area contributed by atoms with Crippen LogP contribution in [0.15, 0.2) is 224 Å². The topological polar surface area (TPSA) is 28.3 Å². The van der Waals surface area contributed by atoms with E-state index in [0.717, 1.165) is 59.2 Å². The van der Waals surface area contributed by atoms with Gasteiger partial charge in [-0.25, -0.2) is 0 Å². The predicted molar refractivity (Wildman–Crippen MR) is 282 cm³/mol. The van der Waals surface area contributed by atoms with E-state index in [4.69, 9.17) is 9.47 Å². The zero-order valence-corrected chi connectivity index (χ0v) is 38.3. The lowest BCUT2D eigenvalue weighted by Gasteiger charge is -2.34. The van der Waals surface area contributed by atoms with Crippen molar-refractivity contribution >= 4 is 39.7 Å². The van der Waals surface area contributed by atoms with Gasteiger partial charge in [0, 0.05) is 33.5 Å². The van der Waals surface area contributed by atoms with Gasteiger partial charge in [0.2, 0.25) is 0 Å². The summed E-state index contributed by atoms with van der Waals surface area (Å²) >= 11 is 0. The molecule has 0 radical (unpaired) electrons. The minimum absolute atomic E-state index is 0.567. The highest BCUT2D eigenvalue weighted by molar-refractivity contribution is 6.10. The molecule has 68 heavy (non-hydrogen) atoms. The Labute approximate surface area is 398 Å². The van der Waals surface area contributed by atoms with E-state index in [1.807, 2.05) is 19.1 Å². The molecule has 12 rings (SSSR count). The molecule has 0 saturated heterocycles. The van der Waals surface area contributed by atoms with E-state index < -0.39 is 5.41 Å². The van der Waals surface area contributed by atoms with Crippen LogP contribution in [0.1, 0.15) is 65.0 Å². The van der Waals surface area contributed by atoms with E-state index in [1.54, 1.807) is 0 Å². The number of fused-ring (bicyclic) bond motifs is 9. The summed E-state index contributed by atoms with van der Waals surface area (Å²) in [7, 11) is 0. The standard InChI is InChI=1S/C64H50N2O2/c1-3-17-48(37-30-44(2)65-60-27-14-9-21-54(60)55-22-10-15-28-61(55)65)67-49-38-31-45(32-39-49)64(58-24-12-7-18-52(58)53-19-8-13-25-59(53)64)46-33-40-50(41-34-46)68-51-42-35-47(36-43-51)66-62-26-6-4-5-20-56(62)57-23-11-16-29-63(57)66/h3-10,12-19,21-22,24-43H,11,20,23H2,1-2H3/b17-3-,44-30+,48-37+. The maximum absolute atomic E-state index is 6.64. The Morgan fingerprint density at radius 2 is 1.13 bits per heavy atom. The highest BCUT2D eigenvalue weighted by atomic mass is 16.5. The second kappa shape index (κ2) is 17.1. The minimum atomic E-state index is -0.567. The molecule has 7 aromatic carbocycles. The van der Waals surface area contributed by atoms with Gasteiger partial charge in [0.05, 0.1) is 16.4 Å². The third-order valence-electron chi connectivity index (χ3n) is 14.0. The first kappa shape index (κ1) is 41.1. The first-order valence-corrected chi connectivity index (χ1v) is 23.7. The van der Waals surface area contributed by atoms with Gasteiger partial charge in [-0.05, 0) is 169 Å². The molecule has 0 atom stereocenters. The first-order valence-electron chi connectivity index (χ1n) is 23.7. The molecule has 2 heterocycles. The van der Waals surface area contributed by atoms with Gasteiger partial charge in [0.25, 0.3) is 0 Å². The smallest absolute Gasteiger partial charge is 0.127 e. The van der Waals surface area contributed by atoms with E-state index in [0.29, 0.717) is 0 Å². The van der Waals surface area contributed by atoms with Crippen LogP contribution in [-0.2, 0) is 18.3 Å². The van der Waals surface area contributed by atoms with E-state index in [9.17, 15) is 0 Å². The van der Waals surface area contributed by atoms with Crippen LogP contribution in [0, 0.1) is 0 Å². The fourth-order valence-corrected chi connectivity index (χ4v) is 11.1. The maximum atomic E-state index is 6.64. The van der Waals surface area contributed by atoms with Gasteiger partial charge in [0.15, 0.2) is 0 Å². The van der Waals surface area contributed by atoms with Crippen LogP contribution in [0.3, 0.4) is 0 Å². The number of hydrogen-bond donors (Lipinski definition) is 0. The highest BCUT2D eigenvalue weighted by Gasteiger charge is 2.46. The Morgan fingerprint density at radius 3 is 1.78 bits per heavy atom. The van der Waals surface area contributed by atoms with Crippen LogP contribution < -0.4 is 9.47 Å². The molecule has 0 fully saturated rings. The number of aromatic nitrogens is 2. The Balaban J connectivity index is 0.857. The first-order chi connectivity index (χ1) is 33.6. The molecule has 3 aliphatic rings. The SMILES string of the molecule is C\C=C/C(=C\C=C(/C)n1c2ccccc2c2ccccc21)Oc1ccc(C2(c3ccc(Oc4ccc(-n5c6c(c7c5C=CCC7)CC=CC=C6)cc4)cc3)c3ccccc3-c3ccccc32)cc1. The molecule has 0 aliphatic heterocycles. The van der Waals surface area contributed by atoms with Crippen LogP contribution in [0.4, 0.5) is 0 Å². The van der Waals surface area contributed by atoms with Crippen molar-refractivity contribution in [2.75, 3.05) is 0 Å². The lowest BCUT2D eigenvalue weighted by Crippen LogP contribution is -2.28. The van der Waals surface area contributed by atoms with Crippen molar-refractivity contribution in [1.82, 2.24) is 9.13 Å². The van der Waals surface area contributed by atoms with Crippen LogP contribution in [0.5, 0.6) is 17.2 Å². The summed E-state index contributed by atoms with van der Waals surface area (Å²) < 4.78 is 18.0. The third kappa shape index (κ3) is 6.83. The van der Waals surface area contributed by atoms with Crippen LogP contribution in [-0.4, -0.2) is 9.13 Å². The average molecular weight is 879 g/mol. The van der Waals surface area contributed by atoms with Gasteiger partial charge in [-0.1, -0.05) is 140 Å². The molecular formula is C64H50N2O2. The number of para-hydroxylation sites is 2. The fraction of sp³-hybridized carbons (Fsp3) is 0.0938. The summed E-state index contributed by atoms with van der Waals surface area (Å²) in [4.78, 5) is 0. The van der Waals surface area contributed by atoms with Crippen LogP contribution in [0.2, 0.25) is 0 Å². The molecule has 3 aliphatic carbocycles. The van der Waals surface area contributed by atoms with E-state index in [-0.39, 0.29) is 0 Å². The van der Waals surface area contributed by atoms with Gasteiger partial charge in [-0.2, -0.15) is 0 Å². The van der Waals surface area contributed by atoms with E-state index >= 15 is 0 Å². The predicted octanol–water partition coefficient (Wildman–Crippen LogP) is 16.2. The molecule has 0 spiro atoms. The number of allylic oxidation sites excluding steroid dienone is 9. The van der Waals surface area contributed by atoms with Crippen molar-refractivity contribution in [3.63, 3.8) is 0 Å². The van der Waals surface area contributed by atoms with Crippen molar-refractivity contribution in [2.45, 2.75) is 38.5 Å². The van der Waals surface area contributed by atoms with Crippen molar-refractivity contribution in [2.24, 2.45) is 0 Å². The molecule has 4 heteroatoms. The summed E-state index contributed by atoms with van der Waals surface area (Å²) in [6.45, 7) is 4.17. The Morgan fingerprint density at radius 1 is 0.559 bits per heavy atom.